The summed E-state index contributed by atoms with van der Waals surface area (Å²) in [5.41, 5.74) is 0. The van der Waals surface area contributed by atoms with Crippen LogP contribution < -0.4 is 0 Å². The van der Waals surface area contributed by atoms with Crippen LogP contribution in [-0.2, 0) is 14.1 Å². The van der Waals surface area contributed by atoms with Gasteiger partial charge < -0.3 is 22.3 Å². The Labute approximate surface area is 115 Å². The van der Waals surface area contributed by atoms with Gasteiger partial charge in [-0.05, 0) is 19.3 Å². The molecule has 0 radical (unpaired) electrons. The van der Waals surface area contributed by atoms with Crippen molar-refractivity contribution in [2.75, 3.05) is 6.61 Å². The summed E-state index contributed by atoms with van der Waals surface area (Å²) in [6.45, 7) is 0.638. The molecule has 1 aliphatic rings. The van der Waals surface area contributed by atoms with Gasteiger partial charge in [0.25, 0.3) is 0 Å². The molecule has 0 aliphatic carbocycles. The largest absolute Gasteiger partial charge is 2.00 e. The SMILES string of the molecule is O=C1CCCCCO1.O=P(O)(O)O.[Ca+2].[H-].[H-]. The number of rotatable bonds is 0. The van der Waals surface area contributed by atoms with Gasteiger partial charge in [0, 0.05) is 6.42 Å². The van der Waals surface area contributed by atoms with Crippen LogP contribution in [0.2, 0.25) is 0 Å². The van der Waals surface area contributed by atoms with Gasteiger partial charge in [0.15, 0.2) is 0 Å². The first-order valence-corrected chi connectivity index (χ1v) is 5.40. The number of carbonyl (C=O) groups is 1. The topological polar surface area (TPSA) is 104 Å². The van der Waals surface area contributed by atoms with E-state index in [2.05, 4.69) is 0 Å². The molecular weight excluding hydrogens is 239 g/mol. The molecule has 0 amide bonds. The molecule has 0 atom stereocenters. The minimum absolute atomic E-state index is 0. The van der Waals surface area contributed by atoms with Crippen molar-refractivity contribution in [3.05, 3.63) is 0 Å². The summed E-state index contributed by atoms with van der Waals surface area (Å²) in [4.78, 5) is 32.0. The van der Waals surface area contributed by atoms with Crippen LogP contribution in [0.25, 0.3) is 0 Å². The monoisotopic (exact) mass is 254 g/mol. The first kappa shape index (κ1) is 17.2. The minimum atomic E-state index is -4.64. The summed E-state index contributed by atoms with van der Waals surface area (Å²) in [5.74, 6) is -0.0255. The third kappa shape index (κ3) is 18.6. The second-order valence-corrected chi connectivity index (χ2v) is 3.57. The molecule has 0 spiro atoms. The van der Waals surface area contributed by atoms with Crippen LogP contribution in [0.5, 0.6) is 0 Å². The predicted octanol–water partition coefficient (Wildman–Crippen LogP) is 0.0192. The van der Waals surface area contributed by atoms with Gasteiger partial charge in [-0.2, -0.15) is 0 Å². The molecule has 0 aromatic carbocycles. The maximum absolute atomic E-state index is 10.5. The average Bonchev–Trinajstić information content (AvgIpc) is 2.12. The second kappa shape index (κ2) is 9.09. The number of phosphoric acid groups is 1. The summed E-state index contributed by atoms with van der Waals surface area (Å²) >= 11 is 0. The van der Waals surface area contributed by atoms with Gasteiger partial charge in [-0.3, -0.25) is 4.79 Å². The van der Waals surface area contributed by atoms with Crippen LogP contribution in [0, 0.1) is 0 Å². The Morgan fingerprint density at radius 1 is 1.21 bits per heavy atom. The molecule has 82 valence electrons. The number of cyclic esters (lactones) is 1. The fourth-order valence-corrected chi connectivity index (χ4v) is 0.806. The van der Waals surface area contributed by atoms with Gasteiger partial charge in [0.2, 0.25) is 0 Å². The zero-order valence-electron chi connectivity index (χ0n) is 9.76. The average molecular weight is 254 g/mol. The minimum Gasteiger partial charge on any atom is -1.00 e. The molecule has 1 fully saturated rings. The summed E-state index contributed by atoms with van der Waals surface area (Å²) in [5, 5.41) is 0. The van der Waals surface area contributed by atoms with Crippen LogP contribution in [-0.4, -0.2) is 65.0 Å². The fourth-order valence-electron chi connectivity index (χ4n) is 0.806. The van der Waals surface area contributed by atoms with E-state index in [9.17, 15) is 4.79 Å². The first-order chi connectivity index (χ1) is 5.89. The third-order valence-electron chi connectivity index (χ3n) is 1.29. The Morgan fingerprint density at radius 2 is 1.71 bits per heavy atom. The van der Waals surface area contributed by atoms with E-state index in [-0.39, 0.29) is 46.6 Å². The van der Waals surface area contributed by atoms with Crippen molar-refractivity contribution in [3.63, 3.8) is 0 Å². The molecule has 8 heteroatoms. The summed E-state index contributed by atoms with van der Waals surface area (Å²) in [6, 6.07) is 0. The van der Waals surface area contributed by atoms with Crippen LogP contribution in [0.3, 0.4) is 0 Å². The maximum Gasteiger partial charge on any atom is 2.00 e. The Bertz CT molecular complexity index is 193. The molecule has 1 saturated heterocycles. The molecule has 0 aromatic heterocycles. The zero-order valence-corrected chi connectivity index (χ0v) is 10.9. The van der Waals surface area contributed by atoms with E-state index in [1.807, 2.05) is 0 Å². The van der Waals surface area contributed by atoms with Crippen LogP contribution in [0.4, 0.5) is 0 Å². The Kier molecular flexibility index (Phi) is 11.2. The molecular formula is C6H15CaO6P. The van der Waals surface area contributed by atoms with E-state index >= 15 is 0 Å². The number of carbonyl (C=O) groups excluding carboxylic acids is 1. The molecule has 1 heterocycles. The molecule has 0 aromatic rings. The van der Waals surface area contributed by atoms with Gasteiger partial charge >= 0.3 is 51.5 Å². The van der Waals surface area contributed by atoms with Crippen molar-refractivity contribution >= 4 is 51.5 Å². The summed E-state index contributed by atoms with van der Waals surface area (Å²) in [6.07, 6.45) is 3.83. The predicted molar refractivity (Wildman–Crippen MR) is 51.7 cm³/mol. The number of hydrogen-bond donors (Lipinski definition) is 3. The second-order valence-electron chi connectivity index (χ2n) is 2.54. The quantitative estimate of drug-likeness (QED) is 0.320. The van der Waals surface area contributed by atoms with Crippen molar-refractivity contribution < 1.29 is 31.6 Å². The summed E-state index contributed by atoms with van der Waals surface area (Å²) < 4.78 is 13.6. The van der Waals surface area contributed by atoms with E-state index in [0.717, 1.165) is 19.3 Å². The third-order valence-corrected chi connectivity index (χ3v) is 1.29. The van der Waals surface area contributed by atoms with E-state index in [1.165, 1.54) is 0 Å². The van der Waals surface area contributed by atoms with Gasteiger partial charge in [-0.1, -0.05) is 0 Å². The molecule has 0 unspecified atom stereocenters. The Balaban J connectivity index is -0.0000000818. The first-order valence-electron chi connectivity index (χ1n) is 3.83. The summed E-state index contributed by atoms with van der Waals surface area (Å²) in [7, 11) is -4.64. The smallest absolute Gasteiger partial charge is 1.00 e. The van der Waals surface area contributed by atoms with Gasteiger partial charge in [0.05, 0.1) is 6.61 Å². The van der Waals surface area contributed by atoms with E-state index in [0.29, 0.717) is 13.0 Å². The molecule has 6 nitrogen and oxygen atoms in total. The van der Waals surface area contributed by atoms with Crippen LogP contribution in [0.15, 0.2) is 0 Å². The van der Waals surface area contributed by atoms with Gasteiger partial charge in [0.1, 0.15) is 0 Å². The number of esters is 1. The Morgan fingerprint density at radius 3 is 2.21 bits per heavy atom. The maximum atomic E-state index is 10.5. The van der Waals surface area contributed by atoms with Gasteiger partial charge in [-0.25, -0.2) is 4.57 Å². The molecule has 0 bridgehead atoms. The number of ether oxygens (including phenoxy) is 1. The van der Waals surface area contributed by atoms with E-state index in [4.69, 9.17) is 24.0 Å². The normalized spacial score (nSPS) is 16.6. The van der Waals surface area contributed by atoms with Crippen LogP contribution in [0.1, 0.15) is 28.5 Å². The van der Waals surface area contributed by atoms with E-state index in [1.54, 1.807) is 0 Å². The Hall–Kier alpha value is 0.840. The molecule has 3 N–H and O–H groups in total. The van der Waals surface area contributed by atoms with Crippen molar-refractivity contribution in [3.8, 4) is 0 Å². The van der Waals surface area contributed by atoms with Crippen molar-refractivity contribution in [2.24, 2.45) is 0 Å². The van der Waals surface area contributed by atoms with Crippen molar-refractivity contribution in [1.29, 1.82) is 0 Å². The molecule has 1 aliphatic heterocycles. The molecule has 0 saturated carbocycles. The number of hydrogen-bond acceptors (Lipinski definition) is 3. The molecule has 14 heavy (non-hydrogen) atoms. The van der Waals surface area contributed by atoms with Crippen molar-refractivity contribution in [1.82, 2.24) is 0 Å². The standard InChI is InChI=1S/C6H10O2.Ca.H3O4P.2H/c7-6-4-2-1-3-5-8-6;;1-5(2,3)4;;/h1-5H2;;(H3,1,2,3,4);;/q;+2;;2*-1. The zero-order chi connectivity index (χ0) is 10.3. The fraction of sp³-hybridized carbons (Fsp3) is 0.833. The molecule has 1 rings (SSSR count). The van der Waals surface area contributed by atoms with Crippen molar-refractivity contribution in [2.45, 2.75) is 25.7 Å². The van der Waals surface area contributed by atoms with E-state index < -0.39 is 7.82 Å². The van der Waals surface area contributed by atoms with Gasteiger partial charge in [-0.15, -0.1) is 0 Å². The van der Waals surface area contributed by atoms with Crippen LogP contribution >= 0.6 is 7.82 Å².